The minimum Gasteiger partial charge on any atom is -0.444 e. The summed E-state index contributed by atoms with van der Waals surface area (Å²) in [5.41, 5.74) is 0.438. The van der Waals surface area contributed by atoms with E-state index in [-0.39, 0.29) is 17.4 Å². The minimum atomic E-state index is -0.478. The lowest BCUT2D eigenvalue weighted by atomic mass is 9.73. The Morgan fingerprint density at radius 2 is 1.83 bits per heavy atom. The van der Waals surface area contributed by atoms with Crippen LogP contribution < -0.4 is 0 Å². The Hall–Kier alpha value is -1.82. The van der Waals surface area contributed by atoms with Crippen molar-refractivity contribution in [2.45, 2.75) is 32.8 Å². The number of ether oxygens (including phenoxy) is 1. The van der Waals surface area contributed by atoms with Crippen LogP contribution in [0.1, 0.15) is 26.3 Å². The lowest BCUT2D eigenvalue weighted by Gasteiger charge is -2.59. The van der Waals surface area contributed by atoms with E-state index in [2.05, 4.69) is 4.98 Å². The van der Waals surface area contributed by atoms with Crippen molar-refractivity contribution >= 4 is 23.6 Å². The fourth-order valence-electron chi connectivity index (χ4n) is 3.16. The molecule has 0 aliphatic carbocycles. The number of likely N-dealkylation sites (tertiary alicyclic amines) is 2. The molecule has 0 radical (unpaired) electrons. The van der Waals surface area contributed by atoms with Gasteiger partial charge in [-0.05, 0) is 32.4 Å². The average molecular weight is 352 g/mol. The maximum absolute atomic E-state index is 12.3. The normalized spacial score (nSPS) is 18.8. The smallest absolute Gasteiger partial charge is 0.410 e. The second-order valence-electron chi connectivity index (χ2n) is 7.75. The Morgan fingerprint density at radius 3 is 2.38 bits per heavy atom. The highest BCUT2D eigenvalue weighted by Gasteiger charge is 2.55. The summed E-state index contributed by atoms with van der Waals surface area (Å²) in [6, 6.07) is 3.50. The summed E-state index contributed by atoms with van der Waals surface area (Å²) in [4.78, 5) is 31.8. The molecule has 3 rings (SSSR count). The van der Waals surface area contributed by atoms with Crippen LogP contribution >= 0.6 is 11.6 Å². The van der Waals surface area contributed by atoms with Crippen LogP contribution in [0, 0.1) is 5.41 Å². The van der Waals surface area contributed by atoms with E-state index in [0.717, 1.165) is 5.56 Å². The lowest BCUT2D eigenvalue weighted by Crippen LogP contribution is -2.74. The van der Waals surface area contributed by atoms with Crippen LogP contribution in [-0.4, -0.2) is 58.6 Å². The van der Waals surface area contributed by atoms with E-state index in [0.29, 0.717) is 37.8 Å². The van der Waals surface area contributed by atoms with Crippen LogP contribution in [0.25, 0.3) is 0 Å². The van der Waals surface area contributed by atoms with Crippen LogP contribution in [0.4, 0.5) is 4.79 Å². The molecular formula is C17H22ClN3O3. The molecule has 2 amide bonds. The summed E-state index contributed by atoms with van der Waals surface area (Å²) in [6.45, 7) is 8.29. The number of aromatic nitrogens is 1. The first kappa shape index (κ1) is 17.0. The predicted molar refractivity (Wildman–Crippen MR) is 89.8 cm³/mol. The van der Waals surface area contributed by atoms with Gasteiger partial charge in [-0.1, -0.05) is 17.7 Å². The molecule has 6 nitrogen and oxygen atoms in total. The van der Waals surface area contributed by atoms with Crippen LogP contribution in [-0.2, 0) is 16.0 Å². The number of rotatable bonds is 2. The summed E-state index contributed by atoms with van der Waals surface area (Å²) >= 11 is 5.74. The van der Waals surface area contributed by atoms with Gasteiger partial charge >= 0.3 is 6.09 Å². The third-order valence-corrected chi connectivity index (χ3v) is 4.48. The largest absolute Gasteiger partial charge is 0.444 e. The van der Waals surface area contributed by atoms with Crippen molar-refractivity contribution in [1.82, 2.24) is 14.8 Å². The molecule has 0 aromatic carbocycles. The molecule has 24 heavy (non-hydrogen) atoms. The number of hydrogen-bond donors (Lipinski definition) is 0. The van der Waals surface area contributed by atoms with Crippen molar-refractivity contribution in [3.63, 3.8) is 0 Å². The van der Waals surface area contributed by atoms with E-state index in [1.165, 1.54) is 0 Å². The van der Waals surface area contributed by atoms with Crippen LogP contribution in [0.5, 0.6) is 0 Å². The van der Waals surface area contributed by atoms with Crippen LogP contribution in [0.3, 0.4) is 0 Å². The first-order valence-electron chi connectivity index (χ1n) is 8.02. The van der Waals surface area contributed by atoms with Gasteiger partial charge in [0.05, 0.1) is 6.42 Å². The Bertz CT molecular complexity index is 640. The molecule has 1 aromatic rings. The number of pyridine rings is 1. The van der Waals surface area contributed by atoms with Crippen molar-refractivity contribution in [2.75, 3.05) is 26.2 Å². The van der Waals surface area contributed by atoms with Crippen molar-refractivity contribution in [1.29, 1.82) is 0 Å². The van der Waals surface area contributed by atoms with E-state index < -0.39 is 5.60 Å². The number of amides is 2. The highest BCUT2D eigenvalue weighted by molar-refractivity contribution is 6.29. The Balaban J connectivity index is 1.44. The van der Waals surface area contributed by atoms with Gasteiger partial charge in [-0.3, -0.25) is 4.79 Å². The molecule has 0 bridgehead atoms. The standard InChI is InChI=1S/C17H22ClN3O3/c1-16(2,3)24-15(23)21-10-17(11-21)8-20(9-17)14(22)6-12-4-5-13(18)19-7-12/h4-5,7H,6,8-11H2,1-3H3. The zero-order valence-electron chi connectivity index (χ0n) is 14.2. The van der Waals surface area contributed by atoms with E-state index >= 15 is 0 Å². The molecule has 1 spiro atoms. The zero-order valence-corrected chi connectivity index (χ0v) is 15.0. The highest BCUT2D eigenvalue weighted by atomic mass is 35.5. The predicted octanol–water partition coefficient (Wildman–Crippen LogP) is 2.36. The maximum atomic E-state index is 12.3. The van der Waals surface area contributed by atoms with Gasteiger partial charge in [0.25, 0.3) is 0 Å². The molecule has 2 aliphatic heterocycles. The zero-order chi connectivity index (χ0) is 17.5. The summed E-state index contributed by atoms with van der Waals surface area (Å²) in [7, 11) is 0. The minimum absolute atomic E-state index is 0.0603. The number of carbonyl (C=O) groups is 2. The molecule has 2 saturated heterocycles. The van der Waals surface area contributed by atoms with E-state index in [1.54, 1.807) is 17.2 Å². The molecule has 0 atom stereocenters. The first-order chi connectivity index (χ1) is 11.2. The number of nitrogens with zero attached hydrogens (tertiary/aromatic N) is 3. The van der Waals surface area contributed by atoms with Crippen molar-refractivity contribution in [3.05, 3.63) is 29.0 Å². The van der Waals surface area contributed by atoms with Crippen LogP contribution in [0.15, 0.2) is 18.3 Å². The topological polar surface area (TPSA) is 62.7 Å². The number of carbonyl (C=O) groups excluding carboxylic acids is 2. The molecule has 0 saturated carbocycles. The molecule has 130 valence electrons. The Morgan fingerprint density at radius 1 is 1.21 bits per heavy atom. The van der Waals surface area contributed by atoms with Crippen molar-refractivity contribution in [2.24, 2.45) is 5.41 Å². The maximum Gasteiger partial charge on any atom is 0.410 e. The molecule has 0 unspecified atom stereocenters. The summed E-state index contributed by atoms with van der Waals surface area (Å²) in [5, 5.41) is 0.422. The first-order valence-corrected chi connectivity index (χ1v) is 8.40. The lowest BCUT2D eigenvalue weighted by molar-refractivity contribution is -0.156. The molecule has 2 fully saturated rings. The highest BCUT2D eigenvalue weighted by Crippen LogP contribution is 2.40. The second-order valence-corrected chi connectivity index (χ2v) is 8.14. The molecule has 7 heteroatoms. The van der Waals surface area contributed by atoms with Gasteiger partial charge in [-0.25, -0.2) is 9.78 Å². The van der Waals surface area contributed by atoms with Gasteiger partial charge in [-0.2, -0.15) is 0 Å². The van der Waals surface area contributed by atoms with Gasteiger partial charge in [-0.15, -0.1) is 0 Å². The Kier molecular flexibility index (Phi) is 4.20. The van der Waals surface area contributed by atoms with Gasteiger partial charge < -0.3 is 14.5 Å². The molecule has 2 aliphatic rings. The van der Waals surface area contributed by atoms with Crippen LogP contribution in [0.2, 0.25) is 5.15 Å². The van der Waals surface area contributed by atoms with Gasteiger partial charge in [0.1, 0.15) is 10.8 Å². The third-order valence-electron chi connectivity index (χ3n) is 4.25. The van der Waals surface area contributed by atoms with E-state index in [4.69, 9.17) is 16.3 Å². The molecule has 3 heterocycles. The quantitative estimate of drug-likeness (QED) is 0.767. The van der Waals surface area contributed by atoms with E-state index in [9.17, 15) is 9.59 Å². The second kappa shape index (κ2) is 5.92. The summed E-state index contributed by atoms with van der Waals surface area (Å²) < 4.78 is 5.36. The third kappa shape index (κ3) is 3.64. The van der Waals surface area contributed by atoms with Crippen molar-refractivity contribution in [3.8, 4) is 0 Å². The molecule has 0 N–H and O–H groups in total. The van der Waals surface area contributed by atoms with Gasteiger partial charge in [0.2, 0.25) is 5.91 Å². The number of halogens is 1. The average Bonchev–Trinajstić information content (AvgIpc) is 2.36. The van der Waals surface area contributed by atoms with E-state index in [1.807, 2.05) is 31.7 Å². The van der Waals surface area contributed by atoms with Gasteiger partial charge in [0.15, 0.2) is 0 Å². The Labute approximate surface area is 146 Å². The molecular weight excluding hydrogens is 330 g/mol. The molecule has 1 aromatic heterocycles. The summed E-state index contributed by atoms with van der Waals surface area (Å²) in [6.07, 6.45) is 1.68. The fraction of sp³-hybridized carbons (Fsp3) is 0.588. The number of hydrogen-bond acceptors (Lipinski definition) is 4. The van der Waals surface area contributed by atoms with Crippen molar-refractivity contribution < 1.29 is 14.3 Å². The monoisotopic (exact) mass is 351 g/mol. The SMILES string of the molecule is CC(C)(C)OC(=O)N1CC2(CN(C(=O)Cc3ccc(Cl)nc3)C2)C1. The summed E-state index contributed by atoms with van der Waals surface area (Å²) in [5.74, 6) is 0.0838. The fourth-order valence-corrected chi connectivity index (χ4v) is 3.27. The van der Waals surface area contributed by atoms with Gasteiger partial charge in [0, 0.05) is 37.8 Å².